The summed E-state index contributed by atoms with van der Waals surface area (Å²) in [5, 5.41) is 18.7. The second-order valence-electron chi connectivity index (χ2n) is 8.19. The molecule has 0 amide bonds. The molecular weight excluding hydrogens is 351 g/mol. The fourth-order valence-corrected chi connectivity index (χ4v) is 2.42. The Bertz CT molecular complexity index is 734. The molecular formula is C22H27NaO4. The van der Waals surface area contributed by atoms with Crippen LogP contribution in [0.1, 0.15) is 68.6 Å². The van der Waals surface area contributed by atoms with Crippen LogP contribution in [0, 0.1) is 0 Å². The molecule has 2 aromatic rings. The number of benzene rings is 2. The number of phenols is 1. The van der Waals surface area contributed by atoms with Crippen LogP contribution in [0.3, 0.4) is 0 Å². The molecule has 0 spiro atoms. The molecule has 5 heteroatoms. The fourth-order valence-electron chi connectivity index (χ4n) is 2.42. The Morgan fingerprint density at radius 1 is 0.889 bits per heavy atom. The third kappa shape index (κ3) is 7.49. The summed E-state index contributed by atoms with van der Waals surface area (Å²) in [4.78, 5) is 21.1. The van der Waals surface area contributed by atoms with Gasteiger partial charge in [-0.05, 0) is 23.0 Å². The largest absolute Gasteiger partial charge is 1.00 e. The van der Waals surface area contributed by atoms with Gasteiger partial charge < -0.3 is 15.0 Å². The minimum Gasteiger partial charge on any atom is -0.510 e. The van der Waals surface area contributed by atoms with Crippen molar-refractivity contribution in [1.29, 1.82) is 0 Å². The van der Waals surface area contributed by atoms with Gasteiger partial charge in [-0.15, -0.1) is 0 Å². The number of carbonyl (C=O) groups excluding carboxylic acids is 1. The van der Waals surface area contributed by atoms with Gasteiger partial charge in [0.25, 0.3) is 0 Å². The zero-order chi connectivity index (χ0) is 20.1. The molecule has 2 rings (SSSR count). The summed E-state index contributed by atoms with van der Waals surface area (Å²) < 4.78 is 0. The third-order valence-electron chi connectivity index (χ3n) is 3.86. The number of carboxylic acids is 1. The summed E-state index contributed by atoms with van der Waals surface area (Å²) in [7, 11) is 0. The van der Waals surface area contributed by atoms with Crippen LogP contribution in [0.15, 0.2) is 42.5 Å². The molecule has 0 bridgehead atoms. The minimum absolute atomic E-state index is 0. The van der Waals surface area contributed by atoms with Gasteiger partial charge in [-0.1, -0.05) is 70.9 Å². The quantitative estimate of drug-likeness (QED) is 0.618. The SMILES string of the molecule is CC(C)(C)c1cc([C-]=O)cc(C(C)(C)C)c1O.O=C(O)c1ccccc1.[Na+]. The Morgan fingerprint density at radius 3 is 1.56 bits per heavy atom. The van der Waals surface area contributed by atoms with Gasteiger partial charge in [-0.2, -0.15) is 17.7 Å². The van der Waals surface area contributed by atoms with Gasteiger partial charge in [0.2, 0.25) is 0 Å². The van der Waals surface area contributed by atoms with Crippen molar-refractivity contribution in [3.63, 3.8) is 0 Å². The molecule has 140 valence electrons. The first-order valence-corrected chi connectivity index (χ1v) is 8.42. The molecule has 0 unspecified atom stereocenters. The summed E-state index contributed by atoms with van der Waals surface area (Å²) in [6, 6.07) is 11.7. The van der Waals surface area contributed by atoms with Crippen LogP contribution in [-0.4, -0.2) is 22.5 Å². The Kier molecular flexibility index (Phi) is 9.47. The Morgan fingerprint density at radius 2 is 1.30 bits per heavy atom. The van der Waals surface area contributed by atoms with Crippen LogP contribution in [-0.2, 0) is 15.6 Å². The smallest absolute Gasteiger partial charge is 0.510 e. The van der Waals surface area contributed by atoms with Crippen LogP contribution in [0.25, 0.3) is 0 Å². The summed E-state index contributed by atoms with van der Waals surface area (Å²) in [6.45, 7) is 12.1. The number of phenolic OH excluding ortho intramolecular Hbond substituents is 1. The maximum atomic E-state index is 10.9. The molecule has 0 aliphatic carbocycles. The molecule has 2 aromatic carbocycles. The normalized spacial score (nSPS) is 10.9. The first-order chi connectivity index (χ1) is 11.9. The van der Waals surface area contributed by atoms with Crippen LogP contribution >= 0.6 is 0 Å². The monoisotopic (exact) mass is 378 g/mol. The van der Waals surface area contributed by atoms with Crippen molar-refractivity contribution in [2.75, 3.05) is 0 Å². The molecule has 0 fully saturated rings. The number of rotatable bonds is 2. The van der Waals surface area contributed by atoms with Crippen molar-refractivity contribution in [1.82, 2.24) is 0 Å². The van der Waals surface area contributed by atoms with Gasteiger partial charge >= 0.3 is 35.5 Å². The van der Waals surface area contributed by atoms with Crippen molar-refractivity contribution < 1.29 is 49.4 Å². The Hall–Kier alpha value is -1.62. The zero-order valence-corrected chi connectivity index (χ0v) is 19.3. The molecule has 27 heavy (non-hydrogen) atoms. The van der Waals surface area contributed by atoms with E-state index in [-0.39, 0.29) is 40.4 Å². The van der Waals surface area contributed by atoms with Gasteiger partial charge in [0.1, 0.15) is 0 Å². The number of carboxylic acid groups (broad SMARTS) is 1. The minimum atomic E-state index is -0.879. The summed E-state index contributed by atoms with van der Waals surface area (Å²) >= 11 is 0. The van der Waals surface area contributed by atoms with Gasteiger partial charge in [0, 0.05) is 0 Å². The Balaban J connectivity index is 0.000000572. The van der Waals surface area contributed by atoms with E-state index >= 15 is 0 Å². The van der Waals surface area contributed by atoms with E-state index in [1.165, 1.54) is 0 Å². The van der Waals surface area contributed by atoms with E-state index in [0.29, 0.717) is 16.9 Å². The van der Waals surface area contributed by atoms with Crippen LogP contribution in [0.2, 0.25) is 0 Å². The van der Waals surface area contributed by atoms with Crippen molar-refractivity contribution in [3.05, 3.63) is 64.7 Å². The second-order valence-corrected chi connectivity index (χ2v) is 8.19. The number of hydrogen-bond donors (Lipinski definition) is 2. The predicted octanol–water partition coefficient (Wildman–Crippen LogP) is 1.83. The van der Waals surface area contributed by atoms with Gasteiger partial charge in [-0.25, -0.2) is 4.79 Å². The average Bonchev–Trinajstić information content (AvgIpc) is 2.54. The van der Waals surface area contributed by atoms with Gasteiger partial charge in [0.05, 0.1) is 17.6 Å². The van der Waals surface area contributed by atoms with E-state index in [4.69, 9.17) is 5.11 Å². The molecule has 0 atom stereocenters. The van der Waals surface area contributed by atoms with Crippen LogP contribution in [0.4, 0.5) is 0 Å². The van der Waals surface area contributed by atoms with Crippen molar-refractivity contribution in [3.8, 4) is 5.75 Å². The molecule has 0 aromatic heterocycles. The molecule has 0 aliphatic heterocycles. The summed E-state index contributed by atoms with van der Waals surface area (Å²) in [5.74, 6) is -0.584. The zero-order valence-electron chi connectivity index (χ0n) is 17.3. The van der Waals surface area contributed by atoms with E-state index in [0.717, 1.165) is 11.1 Å². The molecule has 0 radical (unpaired) electrons. The summed E-state index contributed by atoms with van der Waals surface area (Å²) in [5.41, 5.74) is 2.02. The van der Waals surface area contributed by atoms with E-state index < -0.39 is 5.97 Å². The molecule has 0 saturated carbocycles. The number of hydrogen-bond acceptors (Lipinski definition) is 3. The number of carbonyl (C=O) groups is 1. The van der Waals surface area contributed by atoms with Crippen LogP contribution in [0.5, 0.6) is 5.75 Å². The maximum Gasteiger partial charge on any atom is 1.00 e. The van der Waals surface area contributed by atoms with Crippen LogP contribution < -0.4 is 29.6 Å². The number of aromatic carboxylic acids is 1. The average molecular weight is 378 g/mol. The standard InChI is InChI=1S/C15H21O2.C7H6O2.Na/c1-14(2,3)11-7-10(9-16)8-12(13(11)17)15(4,5)6;8-7(9)6-4-2-1-3-5-6;/h7-8,17H,1-6H3;1-5H,(H,8,9);/q-1;;+1. The second kappa shape index (κ2) is 10.1. The molecule has 4 nitrogen and oxygen atoms in total. The maximum absolute atomic E-state index is 10.9. The molecule has 0 aliphatic rings. The van der Waals surface area contributed by atoms with Crippen molar-refractivity contribution in [2.45, 2.75) is 52.4 Å². The Labute approximate surface area is 183 Å². The molecule has 0 saturated heterocycles. The molecule has 0 heterocycles. The first kappa shape index (κ1) is 25.4. The fraction of sp³-hybridized carbons (Fsp3) is 0.364. The van der Waals surface area contributed by atoms with E-state index in [9.17, 15) is 14.7 Å². The number of aromatic hydroxyl groups is 1. The van der Waals surface area contributed by atoms with Crippen molar-refractivity contribution >= 4 is 12.3 Å². The van der Waals surface area contributed by atoms with Gasteiger partial charge in [0.15, 0.2) is 0 Å². The van der Waals surface area contributed by atoms with E-state index in [1.807, 2.05) is 47.8 Å². The molecule has 2 N–H and O–H groups in total. The van der Waals surface area contributed by atoms with E-state index in [2.05, 4.69) is 0 Å². The topological polar surface area (TPSA) is 74.6 Å². The predicted molar refractivity (Wildman–Crippen MR) is 104 cm³/mol. The van der Waals surface area contributed by atoms with E-state index in [1.54, 1.807) is 42.5 Å². The van der Waals surface area contributed by atoms with Crippen molar-refractivity contribution in [2.24, 2.45) is 0 Å². The summed E-state index contributed by atoms with van der Waals surface area (Å²) in [6.07, 6.45) is 1.92. The van der Waals surface area contributed by atoms with Gasteiger partial charge in [-0.3, -0.25) is 0 Å². The first-order valence-electron chi connectivity index (χ1n) is 8.42. The third-order valence-corrected chi connectivity index (χ3v) is 3.86.